The zero-order valence-corrected chi connectivity index (χ0v) is 17.9. The lowest BCUT2D eigenvalue weighted by Gasteiger charge is -2.18. The Labute approximate surface area is 171 Å². The number of carbonyl (C=O) groups is 2. The van der Waals surface area contributed by atoms with E-state index in [4.69, 9.17) is 4.42 Å². The van der Waals surface area contributed by atoms with Crippen LogP contribution in [0.2, 0.25) is 0 Å². The van der Waals surface area contributed by atoms with Crippen LogP contribution in [0.3, 0.4) is 0 Å². The molecule has 8 nitrogen and oxygen atoms in total. The first kappa shape index (κ1) is 22.6. The minimum atomic E-state index is -3.87. The summed E-state index contributed by atoms with van der Waals surface area (Å²) < 4.78 is 32.0. The lowest BCUT2D eigenvalue weighted by Crippen LogP contribution is -2.43. The highest BCUT2D eigenvalue weighted by molar-refractivity contribution is 7.91. The van der Waals surface area contributed by atoms with Gasteiger partial charge in [-0.25, -0.2) is 8.42 Å². The molecule has 1 aromatic heterocycles. The van der Waals surface area contributed by atoms with E-state index in [1.807, 2.05) is 25.1 Å². The number of amides is 2. The Hall–Kier alpha value is -2.65. The Balaban J connectivity index is 2.19. The highest BCUT2D eigenvalue weighted by Crippen LogP contribution is 2.31. The van der Waals surface area contributed by atoms with Gasteiger partial charge < -0.3 is 20.0 Å². The number of carbonyl (C=O) groups excluding carboxylic acids is 2. The van der Waals surface area contributed by atoms with Gasteiger partial charge in [0.1, 0.15) is 11.0 Å². The Kier molecular flexibility index (Phi) is 7.58. The summed E-state index contributed by atoms with van der Waals surface area (Å²) in [6.07, 6.45) is 1.37. The minimum Gasteiger partial charge on any atom is -0.468 e. The van der Waals surface area contributed by atoms with E-state index in [-0.39, 0.29) is 17.2 Å². The molecule has 0 unspecified atom stereocenters. The zero-order chi connectivity index (χ0) is 21.6. The molecule has 0 fully saturated rings. The Morgan fingerprint density at radius 3 is 2.41 bits per heavy atom. The maximum Gasteiger partial charge on any atom is 0.309 e. The molecule has 0 saturated heterocycles. The maximum atomic E-state index is 13.3. The van der Waals surface area contributed by atoms with Gasteiger partial charge in [0.25, 0.3) is 0 Å². The molecule has 29 heavy (non-hydrogen) atoms. The Morgan fingerprint density at radius 2 is 1.79 bits per heavy atom. The summed E-state index contributed by atoms with van der Waals surface area (Å²) in [6.45, 7) is 4.11. The van der Waals surface area contributed by atoms with E-state index >= 15 is 0 Å². The minimum absolute atomic E-state index is 0.170. The second-order valence-corrected chi connectivity index (χ2v) is 9.19. The summed E-state index contributed by atoms with van der Waals surface area (Å²) in [5.41, 5.74) is 1.40. The fourth-order valence-electron chi connectivity index (χ4n) is 2.74. The Bertz CT molecular complexity index is 953. The van der Waals surface area contributed by atoms with Gasteiger partial charge in [0.15, 0.2) is 9.84 Å². The Morgan fingerprint density at radius 1 is 1.10 bits per heavy atom. The highest BCUT2D eigenvalue weighted by Gasteiger charge is 2.33. The number of nitrogens with zero attached hydrogens (tertiary/aromatic N) is 1. The molecule has 158 valence electrons. The summed E-state index contributed by atoms with van der Waals surface area (Å²) in [5, 5.41) is 3.75. The largest absolute Gasteiger partial charge is 0.468 e. The average Bonchev–Trinajstić information content (AvgIpc) is 3.17. The van der Waals surface area contributed by atoms with Crippen molar-refractivity contribution in [3.63, 3.8) is 0 Å². The summed E-state index contributed by atoms with van der Waals surface area (Å²) in [6, 6.07) is 8.28. The third-order valence-corrected chi connectivity index (χ3v) is 6.59. The molecule has 0 aliphatic rings. The quantitative estimate of drug-likeness (QED) is 0.620. The van der Waals surface area contributed by atoms with Crippen LogP contribution in [0, 0.1) is 13.8 Å². The molecule has 2 N–H and O–H groups in total. The van der Waals surface area contributed by atoms with Crippen LogP contribution in [0.4, 0.5) is 0 Å². The number of sulfone groups is 1. The lowest BCUT2D eigenvalue weighted by molar-refractivity contribution is -0.139. The smallest absolute Gasteiger partial charge is 0.309 e. The molecule has 0 radical (unpaired) electrons. The van der Waals surface area contributed by atoms with Crippen LogP contribution in [0.25, 0.3) is 0 Å². The van der Waals surface area contributed by atoms with Crippen molar-refractivity contribution in [2.75, 3.05) is 33.7 Å². The van der Waals surface area contributed by atoms with E-state index in [0.717, 1.165) is 5.56 Å². The number of benzene rings is 1. The van der Waals surface area contributed by atoms with Gasteiger partial charge in [0, 0.05) is 19.6 Å². The van der Waals surface area contributed by atoms with Crippen molar-refractivity contribution < 1.29 is 22.4 Å². The van der Waals surface area contributed by atoms with Crippen LogP contribution in [-0.4, -0.2) is 58.9 Å². The summed E-state index contributed by atoms with van der Waals surface area (Å²) in [7, 11) is -0.182. The van der Waals surface area contributed by atoms with Gasteiger partial charge in [0.2, 0.25) is 0 Å². The van der Waals surface area contributed by atoms with Crippen molar-refractivity contribution in [3.8, 4) is 0 Å². The van der Waals surface area contributed by atoms with Gasteiger partial charge in [-0.1, -0.05) is 12.1 Å². The first-order valence-corrected chi connectivity index (χ1v) is 10.7. The normalized spacial score (nSPS) is 12.6. The van der Waals surface area contributed by atoms with Gasteiger partial charge in [-0.3, -0.25) is 9.59 Å². The summed E-state index contributed by atoms with van der Waals surface area (Å²) in [4.78, 5) is 26.1. The van der Waals surface area contributed by atoms with Gasteiger partial charge in [-0.15, -0.1) is 0 Å². The highest BCUT2D eigenvalue weighted by atomic mass is 32.2. The molecule has 0 aliphatic carbocycles. The molecule has 0 aliphatic heterocycles. The summed E-state index contributed by atoms with van der Waals surface area (Å²) in [5.74, 6) is -1.51. The first-order valence-electron chi connectivity index (χ1n) is 9.18. The number of furan rings is 1. The summed E-state index contributed by atoms with van der Waals surface area (Å²) >= 11 is 0. The van der Waals surface area contributed by atoms with Crippen LogP contribution < -0.4 is 10.6 Å². The molecular formula is C20H27N3O5S. The number of aryl methyl sites for hydroxylation is 2. The van der Waals surface area contributed by atoms with Crippen molar-refractivity contribution in [2.24, 2.45) is 0 Å². The molecule has 1 atom stereocenters. The number of hydrogen-bond donors (Lipinski definition) is 2. The number of rotatable bonds is 8. The zero-order valence-electron chi connectivity index (χ0n) is 17.1. The van der Waals surface area contributed by atoms with E-state index in [9.17, 15) is 18.0 Å². The molecule has 2 aromatic rings. The molecule has 9 heteroatoms. The topological polar surface area (TPSA) is 109 Å². The molecule has 0 saturated carbocycles. The van der Waals surface area contributed by atoms with Gasteiger partial charge in [-0.05, 0) is 57.3 Å². The predicted octanol–water partition coefficient (Wildman–Crippen LogP) is 1.21. The molecule has 0 spiro atoms. The van der Waals surface area contributed by atoms with Crippen LogP contribution >= 0.6 is 0 Å². The molecule has 1 heterocycles. The van der Waals surface area contributed by atoms with Crippen LogP contribution in [-0.2, 0) is 19.4 Å². The molecular weight excluding hydrogens is 394 g/mol. The van der Waals surface area contributed by atoms with Crippen molar-refractivity contribution >= 4 is 21.7 Å². The number of nitrogens with one attached hydrogen (secondary N) is 2. The lowest BCUT2D eigenvalue weighted by atomic mass is 10.2. The number of likely N-dealkylation sites (N-methyl/N-ethyl adjacent to an activating group) is 1. The molecule has 2 rings (SSSR count). The van der Waals surface area contributed by atoms with Crippen molar-refractivity contribution in [1.29, 1.82) is 0 Å². The maximum absolute atomic E-state index is 13.3. The van der Waals surface area contributed by atoms with Crippen LogP contribution in [0.5, 0.6) is 0 Å². The fourth-order valence-corrected chi connectivity index (χ4v) is 4.66. The average molecular weight is 422 g/mol. The first-order chi connectivity index (χ1) is 13.6. The van der Waals surface area contributed by atoms with E-state index in [1.54, 1.807) is 32.0 Å². The van der Waals surface area contributed by atoms with E-state index in [2.05, 4.69) is 10.6 Å². The third kappa shape index (κ3) is 5.91. The second-order valence-electron chi connectivity index (χ2n) is 7.09. The van der Waals surface area contributed by atoms with Gasteiger partial charge in [-0.2, -0.15) is 0 Å². The van der Waals surface area contributed by atoms with Gasteiger partial charge >= 0.3 is 11.8 Å². The number of hydrogen-bond acceptors (Lipinski definition) is 6. The third-order valence-electron chi connectivity index (χ3n) is 4.38. The second kappa shape index (κ2) is 9.71. The van der Waals surface area contributed by atoms with Crippen molar-refractivity contribution in [2.45, 2.75) is 24.0 Å². The molecule has 1 aromatic carbocycles. The standard InChI is InChI=1S/C20H27N3O5S/c1-14-7-8-15(2)17(12-14)29(26,27)18(16-6-5-11-28-16)13-22-20(25)19(24)21-9-10-23(3)4/h5-8,11-12,18H,9-10,13H2,1-4H3,(H,21,24)(H,22,25)/t18-/m0/s1. The molecule has 2 amide bonds. The van der Waals surface area contributed by atoms with E-state index in [0.29, 0.717) is 18.7 Å². The van der Waals surface area contributed by atoms with Crippen molar-refractivity contribution in [1.82, 2.24) is 15.5 Å². The monoisotopic (exact) mass is 421 g/mol. The predicted molar refractivity (Wildman–Crippen MR) is 109 cm³/mol. The van der Waals surface area contributed by atoms with Crippen LogP contribution in [0.15, 0.2) is 45.9 Å². The fraction of sp³-hybridized carbons (Fsp3) is 0.400. The van der Waals surface area contributed by atoms with Crippen LogP contribution in [0.1, 0.15) is 22.1 Å². The van der Waals surface area contributed by atoms with Crippen molar-refractivity contribution in [3.05, 3.63) is 53.5 Å². The van der Waals surface area contributed by atoms with E-state index < -0.39 is 26.9 Å². The SMILES string of the molecule is Cc1ccc(C)c(S(=O)(=O)[C@@H](CNC(=O)C(=O)NCCN(C)C)c2ccco2)c1. The molecule has 0 bridgehead atoms. The van der Waals surface area contributed by atoms with E-state index in [1.165, 1.54) is 12.3 Å². The van der Waals surface area contributed by atoms with Gasteiger partial charge in [0.05, 0.1) is 11.2 Å².